The maximum atomic E-state index is 5.23. The smallest absolute Gasteiger partial charge is 0.118 e. The summed E-state index contributed by atoms with van der Waals surface area (Å²) < 4.78 is 5.23. The average Bonchev–Trinajstić information content (AvgIpc) is 3.32. The van der Waals surface area contributed by atoms with Crippen LogP contribution in [0.5, 0.6) is 5.75 Å². The summed E-state index contributed by atoms with van der Waals surface area (Å²) in [6, 6.07) is 30.0. The van der Waals surface area contributed by atoms with Crippen molar-refractivity contribution in [3.63, 3.8) is 0 Å². The molecule has 1 N–H and O–H groups in total. The summed E-state index contributed by atoms with van der Waals surface area (Å²) >= 11 is 1.91. The lowest BCUT2D eigenvalue weighted by Gasteiger charge is -2.18. The number of rotatable bonds is 11. The van der Waals surface area contributed by atoms with Crippen molar-refractivity contribution < 1.29 is 4.74 Å². The van der Waals surface area contributed by atoms with Crippen LogP contribution < -0.4 is 10.1 Å². The van der Waals surface area contributed by atoms with E-state index < -0.39 is 0 Å². The first-order valence-corrected chi connectivity index (χ1v) is 12.5. The molecule has 0 fully saturated rings. The average molecular weight is 445 g/mol. The maximum Gasteiger partial charge on any atom is 0.118 e. The first-order valence-electron chi connectivity index (χ1n) is 11.5. The van der Waals surface area contributed by atoms with Crippen LogP contribution in [-0.2, 0) is 6.54 Å². The SMILES string of the molecule is COc1ccc(CNC2CSC(CCCCC(c3ccccc3)c3ccccc3)=N2)cc1. The van der Waals surface area contributed by atoms with E-state index in [9.17, 15) is 0 Å². The quantitative estimate of drug-likeness (QED) is 0.336. The zero-order valence-corrected chi connectivity index (χ0v) is 19.6. The lowest BCUT2D eigenvalue weighted by molar-refractivity contribution is 0.414. The number of unbranched alkanes of at least 4 members (excludes halogenated alkanes) is 1. The predicted octanol–water partition coefficient (Wildman–Crippen LogP) is 6.65. The molecule has 0 aliphatic carbocycles. The highest BCUT2D eigenvalue weighted by Gasteiger charge is 2.18. The fraction of sp³-hybridized carbons (Fsp3) is 0.321. The van der Waals surface area contributed by atoms with Crippen LogP contribution in [0.15, 0.2) is 89.9 Å². The van der Waals surface area contributed by atoms with Gasteiger partial charge in [0.05, 0.1) is 12.2 Å². The van der Waals surface area contributed by atoms with E-state index in [1.807, 2.05) is 23.9 Å². The summed E-state index contributed by atoms with van der Waals surface area (Å²) in [7, 11) is 1.70. The van der Waals surface area contributed by atoms with Gasteiger partial charge in [0.2, 0.25) is 0 Å². The number of hydrogen-bond acceptors (Lipinski definition) is 4. The van der Waals surface area contributed by atoms with Gasteiger partial charge in [0.1, 0.15) is 11.9 Å². The van der Waals surface area contributed by atoms with Gasteiger partial charge in [-0.2, -0.15) is 0 Å². The van der Waals surface area contributed by atoms with Gasteiger partial charge < -0.3 is 4.74 Å². The Hall–Kier alpha value is -2.56. The lowest BCUT2D eigenvalue weighted by Crippen LogP contribution is -2.26. The van der Waals surface area contributed by atoms with Crippen LogP contribution in [0.2, 0.25) is 0 Å². The first-order chi connectivity index (χ1) is 15.8. The largest absolute Gasteiger partial charge is 0.497 e. The molecule has 1 heterocycles. The van der Waals surface area contributed by atoms with E-state index in [4.69, 9.17) is 9.73 Å². The van der Waals surface area contributed by atoms with Crippen LogP contribution >= 0.6 is 11.8 Å². The molecule has 1 atom stereocenters. The molecule has 3 aromatic rings. The molecule has 0 bridgehead atoms. The molecule has 4 heteroatoms. The van der Waals surface area contributed by atoms with Crippen LogP contribution in [0.25, 0.3) is 0 Å². The van der Waals surface area contributed by atoms with E-state index in [1.165, 1.54) is 41.0 Å². The Bertz CT molecular complexity index is 934. The Morgan fingerprint density at radius 1 is 0.906 bits per heavy atom. The monoisotopic (exact) mass is 444 g/mol. The van der Waals surface area contributed by atoms with Crippen LogP contribution in [0.1, 0.15) is 48.3 Å². The van der Waals surface area contributed by atoms with Crippen LogP contribution in [0, 0.1) is 0 Å². The van der Waals surface area contributed by atoms with Crippen molar-refractivity contribution in [2.45, 2.75) is 44.3 Å². The standard InChI is InChI=1S/C28H32N2OS/c1-31-25-18-16-22(17-19-25)20-29-27-21-32-28(30-27)15-9-8-14-26(23-10-4-2-5-11-23)24-12-6-3-7-13-24/h2-7,10-13,16-19,26-27,29H,8-9,14-15,20-21H2,1H3. The normalized spacial score (nSPS) is 15.7. The highest BCUT2D eigenvalue weighted by atomic mass is 32.2. The molecule has 0 amide bonds. The van der Waals surface area contributed by atoms with Crippen molar-refractivity contribution in [3.05, 3.63) is 102 Å². The van der Waals surface area contributed by atoms with E-state index in [-0.39, 0.29) is 6.17 Å². The topological polar surface area (TPSA) is 33.6 Å². The minimum absolute atomic E-state index is 0.221. The molecule has 4 rings (SSSR count). The van der Waals surface area contributed by atoms with E-state index >= 15 is 0 Å². The molecule has 0 saturated carbocycles. The Morgan fingerprint density at radius 3 is 2.19 bits per heavy atom. The molecule has 1 aliphatic heterocycles. The summed E-state index contributed by atoms with van der Waals surface area (Å²) in [5.41, 5.74) is 4.08. The number of benzene rings is 3. The van der Waals surface area contributed by atoms with Gasteiger partial charge in [0.25, 0.3) is 0 Å². The molecule has 0 spiro atoms. The molecule has 0 aromatic heterocycles. The second-order valence-electron chi connectivity index (χ2n) is 8.20. The van der Waals surface area contributed by atoms with Gasteiger partial charge in [0.15, 0.2) is 0 Å². The molecular weight excluding hydrogens is 412 g/mol. The molecule has 0 saturated heterocycles. The van der Waals surface area contributed by atoms with Gasteiger partial charge >= 0.3 is 0 Å². The van der Waals surface area contributed by atoms with Gasteiger partial charge in [-0.15, -0.1) is 11.8 Å². The number of nitrogens with one attached hydrogen (secondary N) is 1. The number of nitrogens with zero attached hydrogens (tertiary/aromatic N) is 1. The molecule has 32 heavy (non-hydrogen) atoms. The number of thioether (sulfide) groups is 1. The third kappa shape index (κ3) is 6.47. The maximum absolute atomic E-state index is 5.23. The van der Waals surface area contributed by atoms with E-state index in [2.05, 4.69) is 78.1 Å². The molecular formula is C28H32N2OS. The molecule has 0 radical (unpaired) electrons. The minimum atomic E-state index is 0.221. The van der Waals surface area contributed by atoms with Gasteiger partial charge in [-0.3, -0.25) is 10.3 Å². The molecule has 1 unspecified atom stereocenters. The second kappa shape index (κ2) is 11.9. The van der Waals surface area contributed by atoms with Crippen molar-refractivity contribution in [3.8, 4) is 5.75 Å². The highest BCUT2D eigenvalue weighted by molar-refractivity contribution is 8.14. The Kier molecular flexibility index (Phi) is 8.41. The van der Waals surface area contributed by atoms with E-state index in [0.717, 1.165) is 24.5 Å². The Morgan fingerprint density at radius 2 is 1.56 bits per heavy atom. The Balaban J connectivity index is 1.23. The summed E-state index contributed by atoms with van der Waals surface area (Å²) in [6.45, 7) is 0.835. The third-order valence-corrected chi connectivity index (χ3v) is 7.07. The number of ether oxygens (including phenoxy) is 1. The van der Waals surface area contributed by atoms with Crippen molar-refractivity contribution >= 4 is 16.8 Å². The summed E-state index contributed by atoms with van der Waals surface area (Å²) in [5.74, 6) is 2.39. The van der Waals surface area contributed by atoms with Crippen LogP contribution in [0.3, 0.4) is 0 Å². The van der Waals surface area contributed by atoms with Crippen molar-refractivity contribution in [1.29, 1.82) is 0 Å². The zero-order chi connectivity index (χ0) is 22.0. The summed E-state index contributed by atoms with van der Waals surface area (Å²) in [5, 5.41) is 4.87. The number of hydrogen-bond donors (Lipinski definition) is 1. The fourth-order valence-electron chi connectivity index (χ4n) is 4.16. The summed E-state index contributed by atoms with van der Waals surface area (Å²) in [4.78, 5) is 4.91. The highest BCUT2D eigenvalue weighted by Crippen LogP contribution is 2.30. The number of aliphatic imine (C=N–C) groups is 1. The van der Waals surface area contributed by atoms with Crippen LogP contribution in [-0.4, -0.2) is 24.1 Å². The lowest BCUT2D eigenvalue weighted by atomic mass is 9.87. The van der Waals surface area contributed by atoms with Gasteiger partial charge in [-0.25, -0.2) is 0 Å². The summed E-state index contributed by atoms with van der Waals surface area (Å²) in [6.07, 6.45) is 4.87. The minimum Gasteiger partial charge on any atom is -0.497 e. The van der Waals surface area contributed by atoms with Crippen molar-refractivity contribution in [2.75, 3.05) is 12.9 Å². The molecule has 1 aliphatic rings. The predicted molar refractivity (Wildman–Crippen MR) is 137 cm³/mol. The molecule has 166 valence electrons. The Labute approximate surface area is 196 Å². The molecule has 3 aromatic carbocycles. The van der Waals surface area contributed by atoms with Crippen molar-refractivity contribution in [2.24, 2.45) is 4.99 Å². The van der Waals surface area contributed by atoms with E-state index in [0.29, 0.717) is 5.92 Å². The third-order valence-electron chi connectivity index (χ3n) is 5.95. The van der Waals surface area contributed by atoms with E-state index in [1.54, 1.807) is 7.11 Å². The fourth-order valence-corrected chi connectivity index (χ4v) is 5.20. The number of methoxy groups -OCH3 is 1. The first kappa shape index (κ1) is 22.6. The van der Waals surface area contributed by atoms with Crippen LogP contribution in [0.4, 0.5) is 0 Å². The second-order valence-corrected chi connectivity index (χ2v) is 9.29. The van der Waals surface area contributed by atoms with Gasteiger partial charge in [0, 0.05) is 18.2 Å². The van der Waals surface area contributed by atoms with Gasteiger partial charge in [-0.1, -0.05) is 79.2 Å². The van der Waals surface area contributed by atoms with Crippen molar-refractivity contribution in [1.82, 2.24) is 5.32 Å². The molecule has 3 nitrogen and oxygen atoms in total. The zero-order valence-electron chi connectivity index (χ0n) is 18.7. The van der Waals surface area contributed by atoms with Gasteiger partial charge in [-0.05, 0) is 48.1 Å².